The Bertz CT molecular complexity index is 784. The number of nitrogens with zero attached hydrogens (tertiary/aromatic N) is 2. The molecule has 2 aromatic carbocycles. The lowest BCUT2D eigenvalue weighted by Gasteiger charge is -2.07. The number of aromatic nitrogens is 2. The second kappa shape index (κ2) is 6.09. The predicted molar refractivity (Wildman–Crippen MR) is 80.6 cm³/mol. The molecule has 3 rings (SSSR count). The number of rotatable bonds is 3. The summed E-state index contributed by atoms with van der Waals surface area (Å²) in [5, 5.41) is 10.4. The van der Waals surface area contributed by atoms with Crippen LogP contribution in [0.1, 0.15) is 5.89 Å². The summed E-state index contributed by atoms with van der Waals surface area (Å²) < 4.78 is 10.5. The second-order valence-corrected chi connectivity index (χ2v) is 4.53. The summed E-state index contributed by atoms with van der Waals surface area (Å²) in [7, 11) is 0. The van der Waals surface area contributed by atoms with Gasteiger partial charge < -0.3 is 9.15 Å². The highest BCUT2D eigenvalue weighted by atomic mass is 16.6. The standard InChI is InChI=1S/C16H13N3O3/c1-11-18-19-15(21-11)12-6-5-7-13(10-12)17-16(20)22-14-8-3-2-4-9-14/h2-10H,1H3,(H,17,20). The average molecular weight is 295 g/mol. The van der Waals surface area contributed by atoms with Crippen LogP contribution in [0.3, 0.4) is 0 Å². The van der Waals surface area contributed by atoms with Crippen molar-refractivity contribution in [1.82, 2.24) is 10.2 Å². The van der Waals surface area contributed by atoms with Gasteiger partial charge in [0.15, 0.2) is 0 Å². The van der Waals surface area contributed by atoms with Crippen LogP contribution in [-0.2, 0) is 0 Å². The van der Waals surface area contributed by atoms with Crippen molar-refractivity contribution in [2.24, 2.45) is 0 Å². The molecule has 0 saturated heterocycles. The van der Waals surface area contributed by atoms with E-state index in [2.05, 4.69) is 15.5 Å². The molecule has 6 nitrogen and oxygen atoms in total. The molecule has 3 aromatic rings. The third-order valence-corrected chi connectivity index (χ3v) is 2.84. The minimum Gasteiger partial charge on any atom is -0.421 e. The quantitative estimate of drug-likeness (QED) is 0.798. The summed E-state index contributed by atoms with van der Waals surface area (Å²) in [6.45, 7) is 1.72. The van der Waals surface area contributed by atoms with Crippen LogP contribution in [0.25, 0.3) is 11.5 Å². The predicted octanol–water partition coefficient (Wildman–Crippen LogP) is 3.66. The first-order chi connectivity index (χ1) is 10.7. The van der Waals surface area contributed by atoms with Gasteiger partial charge in [-0.2, -0.15) is 0 Å². The van der Waals surface area contributed by atoms with Crippen molar-refractivity contribution in [3.8, 4) is 17.2 Å². The number of nitrogens with one attached hydrogen (secondary N) is 1. The van der Waals surface area contributed by atoms with Crippen molar-refractivity contribution in [3.63, 3.8) is 0 Å². The van der Waals surface area contributed by atoms with E-state index in [4.69, 9.17) is 9.15 Å². The van der Waals surface area contributed by atoms with E-state index in [9.17, 15) is 4.79 Å². The van der Waals surface area contributed by atoms with E-state index in [0.29, 0.717) is 23.2 Å². The molecule has 1 amide bonds. The van der Waals surface area contributed by atoms with Gasteiger partial charge in [0.25, 0.3) is 0 Å². The lowest BCUT2D eigenvalue weighted by atomic mass is 10.2. The van der Waals surface area contributed by atoms with Gasteiger partial charge in [-0.25, -0.2) is 4.79 Å². The number of carbonyl (C=O) groups excluding carboxylic acids is 1. The zero-order chi connectivity index (χ0) is 15.4. The Balaban J connectivity index is 1.71. The molecular formula is C16H13N3O3. The van der Waals surface area contributed by atoms with Crippen molar-refractivity contribution in [1.29, 1.82) is 0 Å². The van der Waals surface area contributed by atoms with Crippen molar-refractivity contribution in [3.05, 3.63) is 60.5 Å². The number of carbonyl (C=O) groups is 1. The minimum atomic E-state index is -0.565. The molecule has 0 saturated carbocycles. The topological polar surface area (TPSA) is 77.2 Å². The lowest BCUT2D eigenvalue weighted by molar-refractivity contribution is 0.215. The SMILES string of the molecule is Cc1nnc(-c2cccc(NC(=O)Oc3ccccc3)c2)o1. The maximum atomic E-state index is 11.8. The third-order valence-electron chi connectivity index (χ3n) is 2.84. The number of para-hydroxylation sites is 1. The number of amides is 1. The Hall–Kier alpha value is -3.15. The fraction of sp³-hybridized carbons (Fsp3) is 0.0625. The molecule has 6 heteroatoms. The summed E-state index contributed by atoms with van der Waals surface area (Å²) in [6.07, 6.45) is -0.565. The van der Waals surface area contributed by atoms with E-state index >= 15 is 0 Å². The monoisotopic (exact) mass is 295 g/mol. The molecule has 0 unspecified atom stereocenters. The fourth-order valence-corrected chi connectivity index (χ4v) is 1.88. The highest BCUT2D eigenvalue weighted by molar-refractivity contribution is 5.87. The van der Waals surface area contributed by atoms with E-state index in [-0.39, 0.29) is 0 Å². The molecule has 1 N–H and O–H groups in total. The fourth-order valence-electron chi connectivity index (χ4n) is 1.88. The summed E-state index contributed by atoms with van der Waals surface area (Å²) >= 11 is 0. The Labute approximate surface area is 126 Å². The first kappa shape index (κ1) is 13.8. The molecule has 0 aliphatic carbocycles. The number of hydrogen-bond acceptors (Lipinski definition) is 5. The van der Waals surface area contributed by atoms with Gasteiger partial charge in [-0.05, 0) is 30.3 Å². The molecule has 0 atom stereocenters. The average Bonchev–Trinajstić information content (AvgIpc) is 2.95. The Morgan fingerprint density at radius 3 is 2.64 bits per heavy atom. The number of benzene rings is 2. The van der Waals surface area contributed by atoms with Crippen LogP contribution < -0.4 is 10.1 Å². The van der Waals surface area contributed by atoms with Gasteiger partial charge in [0.05, 0.1) is 0 Å². The summed E-state index contributed by atoms with van der Waals surface area (Å²) in [5.74, 6) is 1.36. The zero-order valence-corrected chi connectivity index (χ0v) is 11.8. The van der Waals surface area contributed by atoms with Crippen molar-refractivity contribution in [2.45, 2.75) is 6.92 Å². The third kappa shape index (κ3) is 3.29. The molecule has 0 bridgehead atoms. The molecule has 0 aliphatic heterocycles. The summed E-state index contributed by atoms with van der Waals surface area (Å²) in [5.41, 5.74) is 1.30. The van der Waals surface area contributed by atoms with Crippen molar-refractivity contribution in [2.75, 3.05) is 5.32 Å². The molecule has 0 radical (unpaired) electrons. The molecular weight excluding hydrogens is 282 g/mol. The van der Waals surface area contributed by atoms with Gasteiger partial charge in [-0.1, -0.05) is 24.3 Å². The van der Waals surface area contributed by atoms with E-state index in [1.54, 1.807) is 49.4 Å². The van der Waals surface area contributed by atoms with Gasteiger partial charge in [0, 0.05) is 18.2 Å². The smallest absolute Gasteiger partial charge is 0.417 e. The van der Waals surface area contributed by atoms with Crippen molar-refractivity contribution >= 4 is 11.8 Å². The largest absolute Gasteiger partial charge is 0.421 e. The number of ether oxygens (including phenoxy) is 1. The Morgan fingerprint density at radius 1 is 1.09 bits per heavy atom. The molecule has 22 heavy (non-hydrogen) atoms. The number of hydrogen-bond donors (Lipinski definition) is 1. The molecule has 0 spiro atoms. The highest BCUT2D eigenvalue weighted by Crippen LogP contribution is 2.21. The molecule has 110 valence electrons. The van der Waals surface area contributed by atoms with Crippen LogP contribution >= 0.6 is 0 Å². The van der Waals surface area contributed by atoms with E-state index in [0.717, 1.165) is 5.56 Å². The maximum absolute atomic E-state index is 11.8. The normalized spacial score (nSPS) is 10.2. The van der Waals surface area contributed by atoms with E-state index in [1.807, 2.05) is 12.1 Å². The lowest BCUT2D eigenvalue weighted by Crippen LogP contribution is -2.16. The summed E-state index contributed by atoms with van der Waals surface area (Å²) in [4.78, 5) is 11.8. The van der Waals surface area contributed by atoms with Crippen LogP contribution in [0, 0.1) is 6.92 Å². The van der Waals surface area contributed by atoms with Crippen molar-refractivity contribution < 1.29 is 13.9 Å². The van der Waals surface area contributed by atoms with Crippen LogP contribution in [-0.4, -0.2) is 16.3 Å². The minimum absolute atomic E-state index is 0.401. The van der Waals surface area contributed by atoms with E-state index < -0.39 is 6.09 Å². The van der Waals surface area contributed by atoms with Gasteiger partial charge in [0.1, 0.15) is 5.75 Å². The Morgan fingerprint density at radius 2 is 1.91 bits per heavy atom. The molecule has 1 heterocycles. The zero-order valence-electron chi connectivity index (χ0n) is 11.8. The summed E-state index contributed by atoms with van der Waals surface area (Å²) in [6, 6.07) is 15.9. The maximum Gasteiger partial charge on any atom is 0.417 e. The molecule has 0 aliphatic rings. The van der Waals surface area contributed by atoms with Gasteiger partial charge in [0.2, 0.25) is 11.8 Å². The number of anilines is 1. The first-order valence-corrected chi connectivity index (χ1v) is 6.65. The molecule has 0 fully saturated rings. The van der Waals surface area contributed by atoms with Gasteiger partial charge in [-0.15, -0.1) is 10.2 Å². The number of aryl methyl sites for hydroxylation is 1. The van der Waals surface area contributed by atoms with Crippen LogP contribution in [0.4, 0.5) is 10.5 Å². The van der Waals surface area contributed by atoms with Crippen LogP contribution in [0.5, 0.6) is 5.75 Å². The van der Waals surface area contributed by atoms with Crippen LogP contribution in [0.2, 0.25) is 0 Å². The van der Waals surface area contributed by atoms with Crippen LogP contribution in [0.15, 0.2) is 59.0 Å². The van der Waals surface area contributed by atoms with Gasteiger partial charge in [-0.3, -0.25) is 5.32 Å². The van der Waals surface area contributed by atoms with Gasteiger partial charge >= 0.3 is 6.09 Å². The second-order valence-electron chi connectivity index (χ2n) is 4.53. The highest BCUT2D eigenvalue weighted by Gasteiger charge is 2.09. The molecule has 1 aromatic heterocycles. The first-order valence-electron chi connectivity index (χ1n) is 6.65. The van der Waals surface area contributed by atoms with E-state index in [1.165, 1.54) is 0 Å². The Kier molecular flexibility index (Phi) is 3.82.